The first-order valence-corrected chi connectivity index (χ1v) is 8.83. The topological polar surface area (TPSA) is 66.4 Å². The van der Waals surface area contributed by atoms with Gasteiger partial charge in [-0.25, -0.2) is 4.79 Å². The van der Waals surface area contributed by atoms with Gasteiger partial charge in [0, 0.05) is 11.6 Å². The van der Waals surface area contributed by atoms with E-state index in [0.717, 1.165) is 12.0 Å². The number of hydrogen-bond acceptors (Lipinski definition) is 2. The van der Waals surface area contributed by atoms with Crippen LogP contribution in [0.15, 0.2) is 78.9 Å². The van der Waals surface area contributed by atoms with Gasteiger partial charge in [0.15, 0.2) is 0 Å². The van der Waals surface area contributed by atoms with Crippen LogP contribution in [0.3, 0.4) is 0 Å². The summed E-state index contributed by atoms with van der Waals surface area (Å²) in [4.78, 5) is 24.4. The van der Waals surface area contributed by atoms with Gasteiger partial charge in [-0.2, -0.15) is 0 Å². The third kappa shape index (κ3) is 4.42. The minimum absolute atomic E-state index is 0.0531. The zero-order valence-electron chi connectivity index (χ0n) is 15.1. The SMILES string of the molecule is CC(Cc1ccccc1)NC(=O)c1ccccc1-c1ccccc1C(=O)O. The maximum absolute atomic E-state index is 12.9. The summed E-state index contributed by atoms with van der Waals surface area (Å²) >= 11 is 0. The molecule has 3 aromatic carbocycles. The number of nitrogens with one attached hydrogen (secondary N) is 1. The number of carbonyl (C=O) groups is 2. The van der Waals surface area contributed by atoms with Crippen molar-refractivity contribution in [2.75, 3.05) is 0 Å². The van der Waals surface area contributed by atoms with Gasteiger partial charge in [0.25, 0.3) is 5.91 Å². The van der Waals surface area contributed by atoms with Crippen LogP contribution in [-0.4, -0.2) is 23.0 Å². The third-order valence-electron chi connectivity index (χ3n) is 4.38. The molecule has 0 aromatic heterocycles. The van der Waals surface area contributed by atoms with Crippen LogP contribution in [0.1, 0.15) is 33.2 Å². The van der Waals surface area contributed by atoms with E-state index in [-0.39, 0.29) is 17.5 Å². The van der Waals surface area contributed by atoms with E-state index in [1.165, 1.54) is 0 Å². The van der Waals surface area contributed by atoms with Gasteiger partial charge in [0.1, 0.15) is 0 Å². The molecule has 3 rings (SSSR count). The zero-order valence-corrected chi connectivity index (χ0v) is 15.1. The number of carboxylic acid groups (broad SMARTS) is 1. The minimum atomic E-state index is -1.02. The maximum atomic E-state index is 12.9. The summed E-state index contributed by atoms with van der Waals surface area (Å²) in [5.41, 5.74) is 2.93. The lowest BCUT2D eigenvalue weighted by atomic mass is 9.94. The molecule has 0 heterocycles. The predicted molar refractivity (Wildman–Crippen MR) is 106 cm³/mol. The summed E-state index contributed by atoms with van der Waals surface area (Å²) in [6, 6.07) is 23.7. The Morgan fingerprint density at radius 2 is 1.33 bits per heavy atom. The second-order valence-corrected chi connectivity index (χ2v) is 6.46. The summed E-state index contributed by atoms with van der Waals surface area (Å²) in [5, 5.41) is 12.5. The number of carboxylic acids is 1. The van der Waals surface area contributed by atoms with Crippen LogP contribution in [0.2, 0.25) is 0 Å². The van der Waals surface area contributed by atoms with E-state index >= 15 is 0 Å². The lowest BCUT2D eigenvalue weighted by molar-refractivity contribution is 0.0697. The van der Waals surface area contributed by atoms with Crippen molar-refractivity contribution < 1.29 is 14.7 Å². The monoisotopic (exact) mass is 359 g/mol. The average molecular weight is 359 g/mol. The summed E-state index contributed by atoms with van der Waals surface area (Å²) in [5.74, 6) is -1.23. The number of amides is 1. The fourth-order valence-electron chi connectivity index (χ4n) is 3.14. The van der Waals surface area contributed by atoms with Crippen molar-refractivity contribution in [2.24, 2.45) is 0 Å². The van der Waals surface area contributed by atoms with Crippen LogP contribution in [0.25, 0.3) is 11.1 Å². The smallest absolute Gasteiger partial charge is 0.336 e. The van der Waals surface area contributed by atoms with Crippen LogP contribution < -0.4 is 5.32 Å². The molecule has 0 aliphatic carbocycles. The second kappa shape index (κ2) is 8.32. The van der Waals surface area contributed by atoms with Crippen molar-refractivity contribution >= 4 is 11.9 Å². The molecule has 0 fully saturated rings. The van der Waals surface area contributed by atoms with E-state index in [4.69, 9.17) is 0 Å². The van der Waals surface area contributed by atoms with Gasteiger partial charge < -0.3 is 10.4 Å². The van der Waals surface area contributed by atoms with Crippen LogP contribution in [0.5, 0.6) is 0 Å². The number of carbonyl (C=O) groups excluding carboxylic acids is 1. The molecular formula is C23H21NO3. The van der Waals surface area contributed by atoms with Crippen molar-refractivity contribution in [1.29, 1.82) is 0 Å². The van der Waals surface area contributed by atoms with E-state index in [2.05, 4.69) is 5.32 Å². The van der Waals surface area contributed by atoms with Gasteiger partial charge in [0.05, 0.1) is 5.56 Å². The Kier molecular flexibility index (Phi) is 5.67. The summed E-state index contributed by atoms with van der Waals surface area (Å²) in [6.07, 6.45) is 0.723. The zero-order chi connectivity index (χ0) is 19.2. The second-order valence-electron chi connectivity index (χ2n) is 6.46. The molecule has 4 heteroatoms. The summed E-state index contributed by atoms with van der Waals surface area (Å²) in [6.45, 7) is 1.96. The van der Waals surface area contributed by atoms with E-state index in [1.807, 2.05) is 37.3 Å². The summed E-state index contributed by atoms with van der Waals surface area (Å²) < 4.78 is 0. The van der Waals surface area contributed by atoms with E-state index in [0.29, 0.717) is 16.7 Å². The minimum Gasteiger partial charge on any atom is -0.478 e. The van der Waals surface area contributed by atoms with Gasteiger partial charge in [-0.1, -0.05) is 66.7 Å². The standard InChI is InChI=1S/C23H21NO3/c1-16(15-17-9-3-2-4-10-17)24-22(25)20-13-7-5-11-18(20)19-12-6-8-14-21(19)23(26)27/h2-14,16H,15H2,1H3,(H,24,25)(H,26,27). The molecule has 1 unspecified atom stereocenters. The van der Waals surface area contributed by atoms with Crippen molar-refractivity contribution in [3.63, 3.8) is 0 Å². The molecular weight excluding hydrogens is 338 g/mol. The Morgan fingerprint density at radius 1 is 0.815 bits per heavy atom. The molecule has 136 valence electrons. The number of rotatable bonds is 6. The highest BCUT2D eigenvalue weighted by Crippen LogP contribution is 2.27. The molecule has 1 amide bonds. The highest BCUT2D eigenvalue weighted by molar-refractivity contribution is 6.04. The van der Waals surface area contributed by atoms with Crippen LogP contribution in [-0.2, 0) is 6.42 Å². The molecule has 4 nitrogen and oxygen atoms in total. The normalized spacial score (nSPS) is 11.6. The molecule has 0 aliphatic heterocycles. The van der Waals surface area contributed by atoms with E-state index in [1.54, 1.807) is 48.5 Å². The summed E-state index contributed by atoms with van der Waals surface area (Å²) in [7, 11) is 0. The molecule has 1 atom stereocenters. The van der Waals surface area contributed by atoms with E-state index in [9.17, 15) is 14.7 Å². The van der Waals surface area contributed by atoms with Gasteiger partial charge >= 0.3 is 5.97 Å². The lowest BCUT2D eigenvalue weighted by Gasteiger charge is -2.16. The van der Waals surface area contributed by atoms with Gasteiger partial charge in [-0.3, -0.25) is 4.79 Å². The maximum Gasteiger partial charge on any atom is 0.336 e. The molecule has 27 heavy (non-hydrogen) atoms. The average Bonchev–Trinajstić information content (AvgIpc) is 2.68. The van der Waals surface area contributed by atoms with Gasteiger partial charge in [-0.05, 0) is 42.2 Å². The Hall–Kier alpha value is -3.40. The highest BCUT2D eigenvalue weighted by Gasteiger charge is 2.18. The van der Waals surface area contributed by atoms with Gasteiger partial charge in [-0.15, -0.1) is 0 Å². The fraction of sp³-hybridized carbons (Fsp3) is 0.130. The van der Waals surface area contributed by atoms with Crippen LogP contribution in [0, 0.1) is 0 Å². The van der Waals surface area contributed by atoms with Crippen LogP contribution >= 0.6 is 0 Å². The molecule has 0 radical (unpaired) electrons. The first kappa shape index (κ1) is 18.4. The van der Waals surface area contributed by atoms with Gasteiger partial charge in [0.2, 0.25) is 0 Å². The third-order valence-corrected chi connectivity index (χ3v) is 4.38. The lowest BCUT2D eigenvalue weighted by Crippen LogP contribution is -2.34. The fourth-order valence-corrected chi connectivity index (χ4v) is 3.14. The predicted octanol–water partition coefficient (Wildman–Crippen LogP) is 4.41. The van der Waals surface area contributed by atoms with Crippen molar-refractivity contribution in [2.45, 2.75) is 19.4 Å². The Balaban J connectivity index is 1.86. The molecule has 3 aromatic rings. The number of hydrogen-bond donors (Lipinski definition) is 2. The molecule has 0 spiro atoms. The number of aromatic carboxylic acids is 1. The molecule has 0 saturated carbocycles. The molecule has 2 N–H and O–H groups in total. The highest BCUT2D eigenvalue weighted by atomic mass is 16.4. The first-order valence-electron chi connectivity index (χ1n) is 8.83. The quantitative estimate of drug-likeness (QED) is 0.685. The first-order chi connectivity index (χ1) is 13.1. The molecule has 0 bridgehead atoms. The van der Waals surface area contributed by atoms with Crippen LogP contribution in [0.4, 0.5) is 0 Å². The van der Waals surface area contributed by atoms with Crippen molar-refractivity contribution in [1.82, 2.24) is 5.32 Å². The largest absolute Gasteiger partial charge is 0.478 e. The number of benzene rings is 3. The van der Waals surface area contributed by atoms with E-state index < -0.39 is 5.97 Å². The Bertz CT molecular complexity index is 951. The van der Waals surface area contributed by atoms with Crippen molar-refractivity contribution in [3.05, 3.63) is 95.6 Å². The molecule has 0 saturated heterocycles. The molecule has 0 aliphatic rings. The Morgan fingerprint density at radius 3 is 1.96 bits per heavy atom. The Labute approximate surface area is 158 Å². The van der Waals surface area contributed by atoms with Crippen molar-refractivity contribution in [3.8, 4) is 11.1 Å².